The Morgan fingerprint density at radius 1 is 0.882 bits per heavy atom. The van der Waals surface area contributed by atoms with Gasteiger partial charge in [0.1, 0.15) is 0 Å². The fourth-order valence-corrected chi connectivity index (χ4v) is 1.69. The van der Waals surface area contributed by atoms with Crippen molar-refractivity contribution in [2.45, 2.75) is 13.3 Å². The normalized spacial score (nSPS) is 14.9. The minimum absolute atomic E-state index is 0.00204. The molecule has 0 N–H and O–H groups in total. The van der Waals surface area contributed by atoms with E-state index in [-0.39, 0.29) is 5.57 Å². The van der Waals surface area contributed by atoms with Gasteiger partial charge in [0.05, 0.1) is 5.56 Å². The van der Waals surface area contributed by atoms with Gasteiger partial charge in [-0.05, 0) is 30.6 Å². The minimum Gasteiger partial charge on any atom is -0.203 e. The predicted octanol–water partition coefficient (Wildman–Crippen LogP) is 3.92. The first-order valence-electron chi connectivity index (χ1n) is 4.75. The zero-order chi connectivity index (χ0) is 12.7. The summed E-state index contributed by atoms with van der Waals surface area (Å²) in [5, 5.41) is 0. The summed E-state index contributed by atoms with van der Waals surface area (Å²) in [6, 6.07) is 0. The van der Waals surface area contributed by atoms with E-state index in [4.69, 9.17) is 0 Å². The smallest absolute Gasteiger partial charge is 0.200 e. The van der Waals surface area contributed by atoms with Crippen molar-refractivity contribution < 1.29 is 22.0 Å². The number of allylic oxidation sites excluding steroid dienone is 4. The lowest BCUT2D eigenvalue weighted by atomic mass is 10.00. The van der Waals surface area contributed by atoms with E-state index in [1.54, 1.807) is 0 Å². The van der Waals surface area contributed by atoms with E-state index < -0.39 is 34.6 Å². The molecule has 1 aliphatic carbocycles. The second kappa shape index (κ2) is 3.98. The fraction of sp³-hybridized carbons (Fsp3) is 0.167. The summed E-state index contributed by atoms with van der Waals surface area (Å²) < 4.78 is 65.6. The number of benzene rings is 1. The minimum atomic E-state index is -2.15. The number of halogens is 5. The van der Waals surface area contributed by atoms with E-state index in [1.165, 1.54) is 13.0 Å². The summed E-state index contributed by atoms with van der Waals surface area (Å²) in [5.74, 6) is -9.63. The summed E-state index contributed by atoms with van der Waals surface area (Å²) in [4.78, 5) is 0. The van der Waals surface area contributed by atoms with Crippen molar-refractivity contribution in [2.24, 2.45) is 0 Å². The quantitative estimate of drug-likeness (QED) is 0.399. The molecule has 0 unspecified atom stereocenters. The summed E-state index contributed by atoms with van der Waals surface area (Å²) in [7, 11) is 0. The van der Waals surface area contributed by atoms with Crippen LogP contribution in [0.1, 0.15) is 18.9 Å². The van der Waals surface area contributed by atoms with Gasteiger partial charge in [0.2, 0.25) is 5.82 Å². The molecule has 0 nitrogen and oxygen atoms in total. The van der Waals surface area contributed by atoms with Gasteiger partial charge in [0.15, 0.2) is 23.3 Å². The molecule has 89 valence electrons. The first-order chi connectivity index (χ1) is 7.95. The van der Waals surface area contributed by atoms with Crippen molar-refractivity contribution >= 4 is 5.57 Å². The number of hydrogen-bond acceptors (Lipinski definition) is 0. The molecule has 0 amide bonds. The highest BCUT2D eigenvalue weighted by Gasteiger charge is 2.28. The Labute approximate surface area is 94.1 Å². The first-order valence-corrected chi connectivity index (χ1v) is 4.75. The van der Waals surface area contributed by atoms with Crippen LogP contribution in [0.25, 0.3) is 5.57 Å². The van der Waals surface area contributed by atoms with Gasteiger partial charge in [-0.3, -0.25) is 0 Å². The largest absolute Gasteiger partial charge is 0.203 e. The van der Waals surface area contributed by atoms with Crippen LogP contribution in [0.15, 0.2) is 11.6 Å². The fourth-order valence-electron chi connectivity index (χ4n) is 1.69. The average Bonchev–Trinajstić information content (AvgIpc) is 2.71. The Morgan fingerprint density at radius 3 is 1.76 bits per heavy atom. The summed E-state index contributed by atoms with van der Waals surface area (Å²) >= 11 is 0. The van der Waals surface area contributed by atoms with Gasteiger partial charge < -0.3 is 0 Å². The third kappa shape index (κ3) is 1.66. The topological polar surface area (TPSA) is 0 Å². The van der Waals surface area contributed by atoms with Gasteiger partial charge in [-0.2, -0.15) is 0 Å². The maximum atomic E-state index is 13.4. The van der Waals surface area contributed by atoms with Gasteiger partial charge >= 0.3 is 0 Å². The van der Waals surface area contributed by atoms with Crippen molar-refractivity contribution in [1.82, 2.24) is 0 Å². The van der Waals surface area contributed by atoms with Gasteiger partial charge in [-0.15, -0.1) is 0 Å². The average molecular weight is 245 g/mol. The van der Waals surface area contributed by atoms with E-state index >= 15 is 0 Å². The van der Waals surface area contributed by atoms with Gasteiger partial charge in [-0.25, -0.2) is 22.0 Å². The molecule has 1 aromatic rings. The molecule has 0 aromatic heterocycles. The van der Waals surface area contributed by atoms with Crippen LogP contribution in [0.2, 0.25) is 0 Å². The Bertz CT molecular complexity index is 525. The zero-order valence-corrected chi connectivity index (χ0v) is 8.67. The maximum absolute atomic E-state index is 13.4. The van der Waals surface area contributed by atoms with Gasteiger partial charge in [0, 0.05) is 0 Å². The molecule has 0 atom stereocenters. The van der Waals surface area contributed by atoms with Crippen molar-refractivity contribution in [2.75, 3.05) is 0 Å². The second-order valence-electron chi connectivity index (χ2n) is 3.57. The van der Waals surface area contributed by atoms with Crippen molar-refractivity contribution in [1.29, 1.82) is 0 Å². The van der Waals surface area contributed by atoms with Gasteiger partial charge in [0.25, 0.3) is 0 Å². The third-order valence-electron chi connectivity index (χ3n) is 2.56. The number of rotatable bonds is 1. The molecule has 1 radical (unpaired) electrons. The SMILES string of the molecule is CC1=[C]CC=C1c1c(F)c(F)c(F)c(F)c1F. The zero-order valence-electron chi connectivity index (χ0n) is 8.67. The van der Waals surface area contributed by atoms with Crippen LogP contribution in [0.4, 0.5) is 22.0 Å². The monoisotopic (exact) mass is 245 g/mol. The van der Waals surface area contributed by atoms with E-state index in [2.05, 4.69) is 6.08 Å². The van der Waals surface area contributed by atoms with E-state index in [1.807, 2.05) is 0 Å². The highest BCUT2D eigenvalue weighted by molar-refractivity contribution is 5.80. The molecule has 5 heteroatoms. The molecular formula is C12H6F5. The molecule has 2 rings (SSSR count). The third-order valence-corrected chi connectivity index (χ3v) is 2.56. The Morgan fingerprint density at radius 2 is 1.35 bits per heavy atom. The summed E-state index contributed by atoms with van der Waals surface area (Å²) in [6.45, 7) is 1.50. The van der Waals surface area contributed by atoms with Crippen molar-refractivity contribution in [3.05, 3.63) is 52.4 Å². The molecule has 0 aliphatic heterocycles. The standard InChI is InChI=1S/C12H6F5/c1-5-3-2-4-6(5)7-8(13)10(15)12(17)11(16)9(7)14/h4H,2H2,1H3. The lowest BCUT2D eigenvalue weighted by molar-refractivity contribution is 0.376. The van der Waals surface area contributed by atoms with E-state index in [9.17, 15) is 22.0 Å². The van der Waals surface area contributed by atoms with Crippen LogP contribution in [0.3, 0.4) is 0 Å². The Kier molecular flexibility index (Phi) is 2.77. The highest BCUT2D eigenvalue weighted by Crippen LogP contribution is 2.34. The lowest BCUT2D eigenvalue weighted by Crippen LogP contribution is -2.06. The molecule has 0 saturated heterocycles. The molecule has 0 bridgehead atoms. The lowest BCUT2D eigenvalue weighted by Gasteiger charge is -2.10. The maximum Gasteiger partial charge on any atom is 0.200 e. The molecule has 0 heterocycles. The van der Waals surface area contributed by atoms with Crippen LogP contribution in [0, 0.1) is 35.2 Å². The highest BCUT2D eigenvalue weighted by atomic mass is 19.2. The van der Waals surface area contributed by atoms with Gasteiger partial charge in [-0.1, -0.05) is 6.08 Å². The van der Waals surface area contributed by atoms with Crippen LogP contribution in [-0.2, 0) is 0 Å². The molecule has 0 fully saturated rings. The molecule has 1 aromatic carbocycles. The van der Waals surface area contributed by atoms with Crippen LogP contribution in [0.5, 0.6) is 0 Å². The molecule has 17 heavy (non-hydrogen) atoms. The molecule has 1 aliphatic rings. The van der Waals surface area contributed by atoms with Crippen LogP contribution >= 0.6 is 0 Å². The summed E-state index contributed by atoms with van der Waals surface area (Å²) in [6.07, 6.45) is 4.39. The molecule has 0 spiro atoms. The molecular weight excluding hydrogens is 239 g/mol. The van der Waals surface area contributed by atoms with Crippen LogP contribution in [-0.4, -0.2) is 0 Å². The van der Waals surface area contributed by atoms with Crippen molar-refractivity contribution in [3.8, 4) is 0 Å². The summed E-state index contributed by atoms with van der Waals surface area (Å²) in [5.41, 5.74) is -0.519. The predicted molar refractivity (Wildman–Crippen MR) is 51.3 cm³/mol. The Balaban J connectivity index is 2.75. The van der Waals surface area contributed by atoms with E-state index in [0.29, 0.717) is 12.0 Å². The first kappa shape index (κ1) is 11.8. The van der Waals surface area contributed by atoms with Crippen molar-refractivity contribution in [3.63, 3.8) is 0 Å². The van der Waals surface area contributed by atoms with E-state index in [0.717, 1.165) is 0 Å². The Hall–Kier alpha value is -1.65. The molecule has 0 saturated carbocycles. The second-order valence-corrected chi connectivity index (χ2v) is 3.57. The number of hydrogen-bond donors (Lipinski definition) is 0. The van der Waals surface area contributed by atoms with Crippen LogP contribution < -0.4 is 0 Å².